The maximum absolute atomic E-state index is 13.2. The first-order chi connectivity index (χ1) is 6.66. The number of hydrogen-bond donors (Lipinski definition) is 2. The molecule has 0 amide bonds. The van der Waals surface area contributed by atoms with Gasteiger partial charge in [0, 0.05) is 5.46 Å². The van der Waals surface area contributed by atoms with Crippen LogP contribution in [0.3, 0.4) is 0 Å². The third-order valence-corrected chi connectivity index (χ3v) is 1.73. The van der Waals surface area contributed by atoms with Crippen LogP contribution in [0.5, 0.6) is 5.75 Å². The van der Waals surface area contributed by atoms with Crippen LogP contribution in [0.2, 0.25) is 0 Å². The van der Waals surface area contributed by atoms with Crippen molar-refractivity contribution in [1.29, 1.82) is 0 Å². The van der Waals surface area contributed by atoms with Crippen LogP contribution >= 0.6 is 0 Å². The molecule has 3 nitrogen and oxygen atoms in total. The molecule has 1 aromatic carbocycles. The largest absolute Gasteiger partial charge is 0.492 e. The van der Waals surface area contributed by atoms with Crippen LogP contribution in [-0.2, 0) is 0 Å². The van der Waals surface area contributed by atoms with Crippen LogP contribution < -0.4 is 10.2 Å². The van der Waals surface area contributed by atoms with Gasteiger partial charge in [-0.25, -0.2) is 4.39 Å². The predicted molar refractivity (Wildman–Crippen MR) is 52.0 cm³/mol. The predicted octanol–water partition coefficient (Wildman–Crippen LogP) is 0.294. The molecule has 0 aromatic heterocycles. The number of halogens is 1. The fraction of sp³-hybridized carbons (Fsp3) is 0.333. The van der Waals surface area contributed by atoms with Gasteiger partial charge in [-0.15, -0.1) is 0 Å². The molecule has 0 aliphatic heterocycles. The summed E-state index contributed by atoms with van der Waals surface area (Å²) in [6, 6.07) is 4.04. The van der Waals surface area contributed by atoms with Gasteiger partial charge in [0.25, 0.3) is 0 Å². The highest BCUT2D eigenvalue weighted by Gasteiger charge is 2.19. The quantitative estimate of drug-likeness (QED) is 0.683. The Hall–Kier alpha value is -1.07. The van der Waals surface area contributed by atoms with E-state index in [0.717, 1.165) is 6.42 Å². The topological polar surface area (TPSA) is 49.7 Å². The standard InChI is InChI=1S/C9H12BFO3/c1-2-6-14-9-7(10(12)13)4-3-5-8(9)11/h3-5,12-13H,2,6H2,1H3. The van der Waals surface area contributed by atoms with Crippen molar-refractivity contribution in [3.8, 4) is 5.75 Å². The van der Waals surface area contributed by atoms with Crippen molar-refractivity contribution < 1.29 is 19.2 Å². The molecule has 76 valence electrons. The van der Waals surface area contributed by atoms with Crippen molar-refractivity contribution in [3.05, 3.63) is 24.0 Å². The molecule has 1 aromatic rings. The molecular formula is C9H12BFO3. The highest BCUT2D eigenvalue weighted by molar-refractivity contribution is 6.59. The molecule has 0 saturated heterocycles. The van der Waals surface area contributed by atoms with E-state index in [1.165, 1.54) is 18.2 Å². The van der Waals surface area contributed by atoms with Gasteiger partial charge in [0.15, 0.2) is 11.6 Å². The fourth-order valence-corrected chi connectivity index (χ4v) is 1.09. The lowest BCUT2D eigenvalue weighted by Gasteiger charge is -2.10. The van der Waals surface area contributed by atoms with E-state index < -0.39 is 12.9 Å². The highest BCUT2D eigenvalue weighted by Crippen LogP contribution is 2.14. The van der Waals surface area contributed by atoms with Crippen molar-refractivity contribution in [1.82, 2.24) is 0 Å². The normalized spacial score (nSPS) is 10.0. The highest BCUT2D eigenvalue weighted by atomic mass is 19.1. The first-order valence-electron chi connectivity index (χ1n) is 4.44. The van der Waals surface area contributed by atoms with E-state index in [0.29, 0.717) is 6.61 Å². The Morgan fingerprint density at radius 1 is 1.43 bits per heavy atom. The molecular weight excluding hydrogens is 186 g/mol. The maximum atomic E-state index is 13.2. The minimum Gasteiger partial charge on any atom is -0.491 e. The number of rotatable bonds is 4. The summed E-state index contributed by atoms with van der Waals surface area (Å²) in [5, 5.41) is 17.9. The number of hydrogen-bond acceptors (Lipinski definition) is 3. The fourth-order valence-electron chi connectivity index (χ4n) is 1.09. The van der Waals surface area contributed by atoms with Gasteiger partial charge in [-0.3, -0.25) is 0 Å². The minimum absolute atomic E-state index is 0.0541. The molecule has 0 bridgehead atoms. The SMILES string of the molecule is CCCOc1c(F)cccc1B(O)O. The van der Waals surface area contributed by atoms with Gasteiger partial charge < -0.3 is 14.8 Å². The lowest BCUT2D eigenvalue weighted by molar-refractivity contribution is 0.302. The van der Waals surface area contributed by atoms with Gasteiger partial charge in [-0.05, 0) is 12.5 Å². The second-order valence-corrected chi connectivity index (χ2v) is 2.88. The lowest BCUT2D eigenvalue weighted by atomic mass is 9.79. The van der Waals surface area contributed by atoms with E-state index in [2.05, 4.69) is 0 Å². The smallest absolute Gasteiger partial charge is 0.491 e. The van der Waals surface area contributed by atoms with Crippen molar-refractivity contribution in [2.45, 2.75) is 13.3 Å². The molecule has 0 saturated carbocycles. The summed E-state index contributed by atoms with van der Waals surface area (Å²) in [6.45, 7) is 2.23. The van der Waals surface area contributed by atoms with Gasteiger partial charge in [0.05, 0.1) is 6.61 Å². The zero-order valence-corrected chi connectivity index (χ0v) is 7.90. The van der Waals surface area contributed by atoms with E-state index in [1.54, 1.807) is 0 Å². The minimum atomic E-state index is -1.71. The van der Waals surface area contributed by atoms with Crippen molar-refractivity contribution in [2.75, 3.05) is 6.61 Å². The third-order valence-electron chi connectivity index (χ3n) is 1.73. The summed E-state index contributed by atoms with van der Waals surface area (Å²) in [6.07, 6.45) is 0.731. The van der Waals surface area contributed by atoms with Crippen LogP contribution in [0.4, 0.5) is 4.39 Å². The van der Waals surface area contributed by atoms with E-state index in [-0.39, 0.29) is 11.2 Å². The summed E-state index contributed by atoms with van der Waals surface area (Å²) in [7, 11) is -1.71. The summed E-state index contributed by atoms with van der Waals surface area (Å²) in [5.41, 5.74) is 0.0541. The Morgan fingerprint density at radius 2 is 2.14 bits per heavy atom. The number of ether oxygens (including phenoxy) is 1. The van der Waals surface area contributed by atoms with Gasteiger partial charge >= 0.3 is 7.12 Å². The van der Waals surface area contributed by atoms with E-state index in [4.69, 9.17) is 14.8 Å². The van der Waals surface area contributed by atoms with E-state index >= 15 is 0 Å². The molecule has 5 heteroatoms. The second kappa shape index (κ2) is 4.98. The summed E-state index contributed by atoms with van der Waals surface area (Å²) >= 11 is 0. The van der Waals surface area contributed by atoms with Crippen LogP contribution in [0.25, 0.3) is 0 Å². The molecule has 2 N–H and O–H groups in total. The molecule has 0 aliphatic rings. The van der Waals surface area contributed by atoms with Gasteiger partial charge in [0.1, 0.15) is 0 Å². The average Bonchev–Trinajstić information content (AvgIpc) is 2.15. The Morgan fingerprint density at radius 3 is 2.71 bits per heavy atom. The van der Waals surface area contributed by atoms with E-state index in [9.17, 15) is 4.39 Å². The molecule has 0 unspecified atom stereocenters. The second-order valence-electron chi connectivity index (χ2n) is 2.88. The first kappa shape index (κ1) is 11.0. The lowest BCUT2D eigenvalue weighted by Crippen LogP contribution is -2.32. The molecule has 0 fully saturated rings. The van der Waals surface area contributed by atoms with Crippen LogP contribution in [-0.4, -0.2) is 23.8 Å². The Balaban J connectivity index is 2.96. The van der Waals surface area contributed by atoms with Crippen molar-refractivity contribution in [2.24, 2.45) is 0 Å². The van der Waals surface area contributed by atoms with Crippen LogP contribution in [0, 0.1) is 5.82 Å². The average molecular weight is 198 g/mol. The molecule has 0 aliphatic carbocycles. The Labute approximate surface area is 82.3 Å². The van der Waals surface area contributed by atoms with Crippen LogP contribution in [0.1, 0.15) is 13.3 Å². The molecule has 14 heavy (non-hydrogen) atoms. The summed E-state index contributed by atoms with van der Waals surface area (Å²) in [5.74, 6) is -0.659. The number of benzene rings is 1. The zero-order valence-electron chi connectivity index (χ0n) is 7.90. The van der Waals surface area contributed by atoms with Gasteiger partial charge in [-0.2, -0.15) is 0 Å². The maximum Gasteiger partial charge on any atom is 0.492 e. The zero-order chi connectivity index (χ0) is 10.6. The van der Waals surface area contributed by atoms with Crippen molar-refractivity contribution in [3.63, 3.8) is 0 Å². The number of para-hydroxylation sites is 1. The van der Waals surface area contributed by atoms with Gasteiger partial charge in [0.2, 0.25) is 0 Å². The molecule has 0 radical (unpaired) electrons. The summed E-state index contributed by atoms with van der Waals surface area (Å²) in [4.78, 5) is 0. The molecule has 0 atom stereocenters. The van der Waals surface area contributed by atoms with Crippen molar-refractivity contribution >= 4 is 12.6 Å². The first-order valence-corrected chi connectivity index (χ1v) is 4.44. The molecule has 0 spiro atoms. The molecule has 0 heterocycles. The van der Waals surface area contributed by atoms with E-state index in [1.807, 2.05) is 6.92 Å². The van der Waals surface area contributed by atoms with Gasteiger partial charge in [-0.1, -0.05) is 19.1 Å². The summed E-state index contributed by atoms with van der Waals surface area (Å²) < 4.78 is 18.3. The Bertz CT molecular complexity index is 304. The molecule has 1 rings (SSSR count). The Kier molecular flexibility index (Phi) is 3.91. The third kappa shape index (κ3) is 2.46. The monoisotopic (exact) mass is 198 g/mol. The van der Waals surface area contributed by atoms with Crippen LogP contribution in [0.15, 0.2) is 18.2 Å².